The van der Waals surface area contributed by atoms with E-state index >= 15 is 0 Å². The minimum atomic E-state index is -3.63. The third-order valence-electron chi connectivity index (χ3n) is 2.97. The van der Waals surface area contributed by atoms with Crippen molar-refractivity contribution < 1.29 is 17.5 Å². The van der Waals surface area contributed by atoms with Gasteiger partial charge < -0.3 is 4.74 Å². The van der Waals surface area contributed by atoms with E-state index in [0.29, 0.717) is 5.69 Å². The Kier molecular flexibility index (Phi) is 4.59. The number of rotatable bonds is 6. The molecule has 2 aromatic rings. The van der Waals surface area contributed by atoms with Crippen LogP contribution in [0, 0.1) is 12.7 Å². The van der Waals surface area contributed by atoms with E-state index in [-0.39, 0.29) is 23.8 Å². The van der Waals surface area contributed by atoms with Crippen LogP contribution in [0.5, 0.6) is 5.75 Å². The van der Waals surface area contributed by atoms with Crippen molar-refractivity contribution in [2.45, 2.75) is 11.8 Å². The third-order valence-corrected chi connectivity index (χ3v) is 4.94. The van der Waals surface area contributed by atoms with Gasteiger partial charge in [0.25, 0.3) is 0 Å². The number of halogens is 1. The van der Waals surface area contributed by atoms with Crippen molar-refractivity contribution in [3.05, 3.63) is 42.0 Å². The monoisotopic (exact) mass is 313 g/mol. The van der Waals surface area contributed by atoms with E-state index in [0.717, 1.165) is 4.31 Å². The van der Waals surface area contributed by atoms with Gasteiger partial charge in [0, 0.05) is 13.6 Å². The molecule has 1 N–H and O–H groups in total. The molecule has 114 valence electrons. The molecular formula is C13H16FN3O3S. The summed E-state index contributed by atoms with van der Waals surface area (Å²) in [5, 5.41) is 6.28. The Morgan fingerprint density at radius 2 is 2.10 bits per heavy atom. The molecule has 0 aliphatic rings. The van der Waals surface area contributed by atoms with Gasteiger partial charge in [-0.3, -0.25) is 5.10 Å². The summed E-state index contributed by atoms with van der Waals surface area (Å²) in [5.41, 5.74) is 0.469. The number of aromatic nitrogens is 2. The minimum absolute atomic E-state index is 0.0492. The number of nitrogens with zero attached hydrogens (tertiary/aromatic N) is 2. The second kappa shape index (κ2) is 6.23. The standard InChI is InChI=1S/C13H16FN3O3S/c1-10-13(9-15-16-10)21(18,19)17(2)7-8-20-12-6-4-3-5-11(12)14/h3-6,9H,7-8H2,1-2H3,(H,15,16). The number of nitrogens with one attached hydrogen (secondary N) is 1. The van der Waals surface area contributed by atoms with E-state index < -0.39 is 15.8 Å². The van der Waals surface area contributed by atoms with Gasteiger partial charge >= 0.3 is 0 Å². The number of sulfonamides is 1. The van der Waals surface area contributed by atoms with E-state index in [4.69, 9.17) is 4.74 Å². The Labute approximate surface area is 122 Å². The summed E-state index contributed by atoms with van der Waals surface area (Å²) in [5.74, 6) is -0.378. The van der Waals surface area contributed by atoms with Crippen LogP contribution < -0.4 is 4.74 Å². The van der Waals surface area contributed by atoms with Crippen molar-refractivity contribution in [3.8, 4) is 5.75 Å². The summed E-state index contributed by atoms with van der Waals surface area (Å²) in [6.45, 7) is 1.78. The smallest absolute Gasteiger partial charge is 0.246 e. The number of benzene rings is 1. The normalized spacial score (nSPS) is 11.8. The SMILES string of the molecule is Cc1[nH]ncc1S(=O)(=O)N(C)CCOc1ccccc1F. The van der Waals surface area contributed by atoms with Crippen LogP contribution in [-0.4, -0.2) is 43.1 Å². The highest BCUT2D eigenvalue weighted by Gasteiger charge is 2.24. The first kappa shape index (κ1) is 15.5. The van der Waals surface area contributed by atoms with E-state index in [2.05, 4.69) is 10.2 Å². The van der Waals surface area contributed by atoms with E-state index in [1.807, 2.05) is 0 Å². The van der Waals surface area contributed by atoms with Crippen molar-refractivity contribution in [2.75, 3.05) is 20.2 Å². The van der Waals surface area contributed by atoms with Crippen LogP contribution in [0.1, 0.15) is 5.69 Å². The molecule has 0 radical (unpaired) electrons. The van der Waals surface area contributed by atoms with Crippen LogP contribution >= 0.6 is 0 Å². The van der Waals surface area contributed by atoms with Crippen molar-refractivity contribution in [2.24, 2.45) is 0 Å². The maximum absolute atomic E-state index is 13.4. The lowest BCUT2D eigenvalue weighted by Crippen LogP contribution is -2.31. The number of hydrogen-bond acceptors (Lipinski definition) is 4. The Morgan fingerprint density at radius 1 is 1.38 bits per heavy atom. The van der Waals surface area contributed by atoms with Gasteiger partial charge in [-0.05, 0) is 19.1 Å². The molecule has 0 spiro atoms. The van der Waals surface area contributed by atoms with E-state index in [1.54, 1.807) is 19.1 Å². The molecule has 0 bridgehead atoms. The van der Waals surface area contributed by atoms with Gasteiger partial charge in [-0.2, -0.15) is 9.40 Å². The molecule has 1 aromatic heterocycles. The van der Waals surface area contributed by atoms with Gasteiger partial charge in [0.05, 0.1) is 11.9 Å². The lowest BCUT2D eigenvalue weighted by Gasteiger charge is -2.17. The van der Waals surface area contributed by atoms with Crippen molar-refractivity contribution in [3.63, 3.8) is 0 Å². The van der Waals surface area contributed by atoms with Crippen molar-refractivity contribution in [1.82, 2.24) is 14.5 Å². The van der Waals surface area contributed by atoms with E-state index in [1.165, 1.54) is 25.4 Å². The lowest BCUT2D eigenvalue weighted by atomic mass is 10.3. The number of H-pyrrole nitrogens is 1. The largest absolute Gasteiger partial charge is 0.489 e. The van der Waals surface area contributed by atoms with Crippen LogP contribution in [0.15, 0.2) is 35.4 Å². The molecule has 0 saturated heterocycles. The van der Waals surface area contributed by atoms with Crippen LogP contribution in [0.25, 0.3) is 0 Å². The number of aryl methyl sites for hydroxylation is 1. The molecule has 1 aromatic carbocycles. The number of para-hydroxylation sites is 1. The first-order valence-electron chi connectivity index (χ1n) is 6.26. The number of hydrogen-bond donors (Lipinski definition) is 1. The zero-order chi connectivity index (χ0) is 15.5. The van der Waals surface area contributed by atoms with Gasteiger partial charge in [0.2, 0.25) is 10.0 Å². The number of aromatic amines is 1. The lowest BCUT2D eigenvalue weighted by molar-refractivity contribution is 0.275. The Bertz CT molecular complexity index is 715. The molecule has 21 heavy (non-hydrogen) atoms. The predicted octanol–water partition coefficient (Wildman–Crippen LogP) is 1.56. The fourth-order valence-corrected chi connectivity index (χ4v) is 3.00. The quantitative estimate of drug-likeness (QED) is 0.878. The molecule has 6 nitrogen and oxygen atoms in total. The number of ether oxygens (including phenoxy) is 1. The highest BCUT2D eigenvalue weighted by molar-refractivity contribution is 7.89. The first-order chi connectivity index (χ1) is 9.93. The predicted molar refractivity (Wildman–Crippen MR) is 75.0 cm³/mol. The third kappa shape index (κ3) is 3.40. The Hall–Kier alpha value is -1.93. The molecule has 0 aliphatic carbocycles. The zero-order valence-electron chi connectivity index (χ0n) is 11.7. The molecule has 2 rings (SSSR count). The average molecular weight is 313 g/mol. The molecule has 0 saturated carbocycles. The summed E-state index contributed by atoms with van der Waals surface area (Å²) in [7, 11) is -2.19. The van der Waals surface area contributed by atoms with Gasteiger partial charge in [-0.15, -0.1) is 0 Å². The molecule has 1 heterocycles. The Morgan fingerprint density at radius 3 is 2.71 bits per heavy atom. The van der Waals surface area contributed by atoms with Crippen LogP contribution in [0.3, 0.4) is 0 Å². The summed E-state index contributed by atoms with van der Waals surface area (Å²) in [6, 6.07) is 5.98. The summed E-state index contributed by atoms with van der Waals surface area (Å²) in [4.78, 5) is 0.121. The Balaban J connectivity index is 1.98. The van der Waals surface area contributed by atoms with E-state index in [9.17, 15) is 12.8 Å². The fraction of sp³-hybridized carbons (Fsp3) is 0.308. The molecule has 8 heteroatoms. The fourth-order valence-electron chi connectivity index (χ4n) is 1.73. The molecule has 0 atom stereocenters. The molecule has 0 aliphatic heterocycles. The van der Waals surface area contributed by atoms with Crippen LogP contribution in [0.4, 0.5) is 4.39 Å². The summed E-state index contributed by atoms with van der Waals surface area (Å²) in [6.07, 6.45) is 1.26. The second-order valence-electron chi connectivity index (χ2n) is 4.46. The van der Waals surface area contributed by atoms with Crippen molar-refractivity contribution in [1.29, 1.82) is 0 Å². The molecule has 0 fully saturated rings. The second-order valence-corrected chi connectivity index (χ2v) is 6.48. The van der Waals surface area contributed by atoms with Crippen molar-refractivity contribution >= 4 is 10.0 Å². The minimum Gasteiger partial charge on any atom is -0.489 e. The topological polar surface area (TPSA) is 75.3 Å². The maximum Gasteiger partial charge on any atom is 0.246 e. The molecule has 0 amide bonds. The average Bonchev–Trinajstić information content (AvgIpc) is 2.87. The van der Waals surface area contributed by atoms with Crippen LogP contribution in [0.2, 0.25) is 0 Å². The molecular weight excluding hydrogens is 297 g/mol. The number of likely N-dealkylation sites (N-methyl/N-ethyl adjacent to an activating group) is 1. The van der Waals surface area contributed by atoms with Gasteiger partial charge in [-0.1, -0.05) is 12.1 Å². The van der Waals surface area contributed by atoms with Gasteiger partial charge in [0.1, 0.15) is 11.5 Å². The van der Waals surface area contributed by atoms with Gasteiger partial charge in [-0.25, -0.2) is 12.8 Å². The molecule has 0 unspecified atom stereocenters. The van der Waals surface area contributed by atoms with Gasteiger partial charge in [0.15, 0.2) is 11.6 Å². The highest BCUT2D eigenvalue weighted by atomic mass is 32.2. The summed E-state index contributed by atoms with van der Waals surface area (Å²) >= 11 is 0. The summed E-state index contributed by atoms with van der Waals surface area (Å²) < 4.78 is 44.3. The highest BCUT2D eigenvalue weighted by Crippen LogP contribution is 2.17. The van der Waals surface area contributed by atoms with Crippen LogP contribution in [-0.2, 0) is 10.0 Å². The zero-order valence-corrected chi connectivity index (χ0v) is 12.5. The first-order valence-corrected chi connectivity index (χ1v) is 7.70. The maximum atomic E-state index is 13.4.